The number of thioether (sulfide) groups is 1. The van der Waals surface area contributed by atoms with Crippen LogP contribution in [0.4, 0.5) is 0 Å². The zero-order valence-corrected chi connectivity index (χ0v) is 19.0. The van der Waals surface area contributed by atoms with Crippen LogP contribution in [0.2, 0.25) is 0 Å². The molecule has 158 valence electrons. The maximum atomic E-state index is 12.2. The van der Waals surface area contributed by atoms with Crippen molar-refractivity contribution in [3.05, 3.63) is 58.9 Å². The van der Waals surface area contributed by atoms with Gasteiger partial charge in [-0.25, -0.2) is 0 Å². The fraction of sp³-hybridized carbons (Fsp3) is 0.391. The van der Waals surface area contributed by atoms with Gasteiger partial charge in [-0.15, -0.1) is 10.2 Å². The van der Waals surface area contributed by atoms with Gasteiger partial charge in [-0.05, 0) is 60.1 Å². The van der Waals surface area contributed by atoms with E-state index < -0.39 is 0 Å². The molecule has 3 aromatic rings. The fourth-order valence-corrected chi connectivity index (χ4v) is 3.80. The number of nitrogens with zero attached hydrogens (tertiary/aromatic N) is 3. The normalized spacial score (nSPS) is 11.5. The van der Waals surface area contributed by atoms with Crippen LogP contribution in [-0.2, 0) is 16.6 Å². The molecular formula is C23H28N4O2S. The lowest BCUT2D eigenvalue weighted by Gasteiger charge is -2.22. The summed E-state index contributed by atoms with van der Waals surface area (Å²) in [5.41, 5.74) is 6.13. The van der Waals surface area contributed by atoms with Crippen LogP contribution in [0.15, 0.2) is 46.3 Å². The van der Waals surface area contributed by atoms with Gasteiger partial charge in [0.15, 0.2) is 0 Å². The Morgan fingerprint density at radius 2 is 1.77 bits per heavy atom. The molecule has 0 saturated carbocycles. The van der Waals surface area contributed by atoms with Gasteiger partial charge in [-0.2, -0.15) is 0 Å². The van der Waals surface area contributed by atoms with E-state index in [1.807, 2.05) is 0 Å². The molecule has 0 unspecified atom stereocenters. The van der Waals surface area contributed by atoms with Crippen molar-refractivity contribution in [1.82, 2.24) is 20.5 Å². The Kier molecular flexibility index (Phi) is 6.92. The molecule has 0 radical (unpaired) electrons. The van der Waals surface area contributed by atoms with Gasteiger partial charge >= 0.3 is 0 Å². The Morgan fingerprint density at radius 3 is 2.40 bits per heavy atom. The SMILES string of the molecule is Cc1cc(C(C)(C)C)cc(C)c1CCNC(=O)CSc1nnc(-c2ccncc2)o1. The first-order chi connectivity index (χ1) is 14.2. The molecule has 7 heteroatoms. The molecule has 0 aliphatic carbocycles. The van der Waals surface area contributed by atoms with Crippen LogP contribution in [0.25, 0.3) is 11.5 Å². The molecule has 6 nitrogen and oxygen atoms in total. The van der Waals surface area contributed by atoms with Crippen LogP contribution < -0.4 is 5.32 Å². The molecular weight excluding hydrogens is 396 g/mol. The zero-order chi connectivity index (χ0) is 21.7. The van der Waals surface area contributed by atoms with E-state index in [0.29, 0.717) is 17.7 Å². The number of pyridine rings is 1. The largest absolute Gasteiger partial charge is 0.411 e. The van der Waals surface area contributed by atoms with Crippen LogP contribution in [-0.4, -0.2) is 33.4 Å². The maximum Gasteiger partial charge on any atom is 0.277 e. The number of hydrogen-bond acceptors (Lipinski definition) is 6. The Balaban J connectivity index is 1.48. The van der Waals surface area contributed by atoms with Gasteiger partial charge < -0.3 is 9.73 Å². The number of carbonyl (C=O) groups excluding carboxylic acids is 1. The van der Waals surface area contributed by atoms with E-state index in [1.54, 1.807) is 24.5 Å². The van der Waals surface area contributed by atoms with E-state index in [4.69, 9.17) is 4.42 Å². The second-order valence-corrected chi connectivity index (χ2v) is 9.26. The highest BCUT2D eigenvalue weighted by atomic mass is 32.2. The summed E-state index contributed by atoms with van der Waals surface area (Å²) in [7, 11) is 0. The predicted molar refractivity (Wildman–Crippen MR) is 120 cm³/mol. The topological polar surface area (TPSA) is 80.9 Å². The molecule has 1 N–H and O–H groups in total. The van der Waals surface area contributed by atoms with E-state index >= 15 is 0 Å². The second kappa shape index (κ2) is 9.43. The molecule has 0 spiro atoms. The van der Waals surface area contributed by atoms with Crippen molar-refractivity contribution in [3.8, 4) is 11.5 Å². The minimum atomic E-state index is -0.0507. The first-order valence-electron chi connectivity index (χ1n) is 9.98. The van der Waals surface area contributed by atoms with E-state index in [-0.39, 0.29) is 17.1 Å². The number of rotatable bonds is 7. The standard InChI is InChI=1S/C23H28N4O2S/c1-15-12-18(23(3,4)5)13-16(2)19(15)8-11-25-20(28)14-30-22-27-26-21(29-22)17-6-9-24-10-7-17/h6-7,9-10,12-13H,8,11,14H2,1-5H3,(H,25,28). The van der Waals surface area contributed by atoms with Crippen LogP contribution in [0.3, 0.4) is 0 Å². The second-order valence-electron chi connectivity index (χ2n) is 8.34. The highest BCUT2D eigenvalue weighted by molar-refractivity contribution is 7.99. The third-order valence-corrected chi connectivity index (χ3v) is 5.74. The first-order valence-corrected chi connectivity index (χ1v) is 11.0. The van der Waals surface area contributed by atoms with Crippen LogP contribution in [0, 0.1) is 13.8 Å². The Morgan fingerprint density at radius 1 is 1.10 bits per heavy atom. The molecule has 3 rings (SSSR count). The summed E-state index contributed by atoms with van der Waals surface area (Å²) < 4.78 is 5.60. The minimum Gasteiger partial charge on any atom is -0.411 e. The van der Waals surface area contributed by atoms with E-state index in [2.05, 4.69) is 67.2 Å². The lowest BCUT2D eigenvalue weighted by atomic mass is 9.83. The number of amides is 1. The fourth-order valence-electron chi connectivity index (χ4n) is 3.21. The highest BCUT2D eigenvalue weighted by Gasteiger charge is 2.16. The quantitative estimate of drug-likeness (QED) is 0.563. The zero-order valence-electron chi connectivity index (χ0n) is 18.2. The van der Waals surface area contributed by atoms with Crippen molar-refractivity contribution < 1.29 is 9.21 Å². The molecule has 30 heavy (non-hydrogen) atoms. The molecule has 2 heterocycles. The van der Waals surface area contributed by atoms with E-state index in [1.165, 1.54) is 34.0 Å². The van der Waals surface area contributed by atoms with Crippen molar-refractivity contribution in [3.63, 3.8) is 0 Å². The van der Waals surface area contributed by atoms with Crippen molar-refractivity contribution >= 4 is 17.7 Å². The molecule has 0 fully saturated rings. The number of aromatic nitrogens is 3. The molecule has 1 amide bonds. The summed E-state index contributed by atoms with van der Waals surface area (Å²) in [6.45, 7) is 11.6. The monoisotopic (exact) mass is 424 g/mol. The van der Waals surface area contributed by atoms with Gasteiger partial charge in [-0.3, -0.25) is 9.78 Å². The Labute approximate surface area is 181 Å². The predicted octanol–water partition coefficient (Wildman–Crippen LogP) is 4.50. The Bertz CT molecular complexity index is 987. The van der Waals surface area contributed by atoms with Crippen LogP contribution in [0.5, 0.6) is 0 Å². The maximum absolute atomic E-state index is 12.2. The molecule has 1 aromatic carbocycles. The van der Waals surface area contributed by atoms with Gasteiger partial charge in [0, 0.05) is 24.5 Å². The highest BCUT2D eigenvalue weighted by Crippen LogP contribution is 2.27. The van der Waals surface area contributed by atoms with Crippen molar-refractivity contribution in [2.45, 2.75) is 51.7 Å². The third-order valence-electron chi connectivity index (χ3n) is 4.92. The van der Waals surface area contributed by atoms with Crippen molar-refractivity contribution in [2.24, 2.45) is 0 Å². The number of aryl methyl sites for hydroxylation is 2. The Hall–Kier alpha value is -2.67. The third kappa shape index (κ3) is 5.69. The summed E-state index contributed by atoms with van der Waals surface area (Å²) in [6, 6.07) is 8.12. The number of nitrogens with one attached hydrogen (secondary N) is 1. The molecule has 0 aliphatic heterocycles. The summed E-state index contributed by atoms with van der Waals surface area (Å²) in [4.78, 5) is 16.2. The first kappa shape index (κ1) is 22.0. The molecule has 0 atom stereocenters. The molecule has 0 aliphatic rings. The smallest absolute Gasteiger partial charge is 0.277 e. The molecule has 2 aromatic heterocycles. The molecule has 0 bridgehead atoms. The summed E-state index contributed by atoms with van der Waals surface area (Å²) in [6.07, 6.45) is 4.14. The van der Waals surface area contributed by atoms with Gasteiger partial charge in [0.25, 0.3) is 5.22 Å². The average molecular weight is 425 g/mol. The van der Waals surface area contributed by atoms with Gasteiger partial charge in [0.05, 0.1) is 5.75 Å². The number of benzene rings is 1. The number of carbonyl (C=O) groups is 1. The van der Waals surface area contributed by atoms with Crippen molar-refractivity contribution in [2.75, 3.05) is 12.3 Å². The lowest BCUT2D eigenvalue weighted by molar-refractivity contribution is -0.118. The van der Waals surface area contributed by atoms with Crippen LogP contribution >= 0.6 is 11.8 Å². The van der Waals surface area contributed by atoms with Crippen LogP contribution in [0.1, 0.15) is 43.0 Å². The average Bonchev–Trinajstić information content (AvgIpc) is 3.17. The van der Waals surface area contributed by atoms with Gasteiger partial charge in [0.1, 0.15) is 0 Å². The van der Waals surface area contributed by atoms with E-state index in [0.717, 1.165) is 12.0 Å². The van der Waals surface area contributed by atoms with Gasteiger partial charge in [0.2, 0.25) is 11.8 Å². The van der Waals surface area contributed by atoms with Gasteiger partial charge in [-0.1, -0.05) is 44.7 Å². The lowest BCUT2D eigenvalue weighted by Crippen LogP contribution is -2.27. The minimum absolute atomic E-state index is 0.0507. The van der Waals surface area contributed by atoms with Crippen molar-refractivity contribution in [1.29, 1.82) is 0 Å². The molecule has 0 saturated heterocycles. The summed E-state index contributed by atoms with van der Waals surface area (Å²) in [5, 5.41) is 11.4. The van der Waals surface area contributed by atoms with E-state index in [9.17, 15) is 4.79 Å². The summed E-state index contributed by atoms with van der Waals surface area (Å²) >= 11 is 1.23. The number of hydrogen-bond donors (Lipinski definition) is 1. The summed E-state index contributed by atoms with van der Waals surface area (Å²) in [5.74, 6) is 0.606.